The Hall–Kier alpha value is -3.37. The Morgan fingerprint density at radius 2 is 1.86 bits per heavy atom. The van der Waals surface area contributed by atoms with Gasteiger partial charge >= 0.3 is 6.18 Å². The molecule has 0 aliphatic rings. The van der Waals surface area contributed by atoms with Gasteiger partial charge in [0.1, 0.15) is 30.1 Å². The van der Waals surface area contributed by atoms with Gasteiger partial charge in [-0.25, -0.2) is 19.0 Å². The van der Waals surface area contributed by atoms with Crippen LogP contribution in [0.1, 0.15) is 25.1 Å². The average molecular weight is 409 g/mol. The lowest BCUT2D eigenvalue weighted by atomic mass is 9.99. The maximum Gasteiger partial charge on any atom is 0.416 e. The molecule has 7 nitrogen and oxygen atoms in total. The van der Waals surface area contributed by atoms with Crippen LogP contribution in [0.5, 0.6) is 0 Å². The number of amides is 1. The molecule has 0 saturated heterocycles. The van der Waals surface area contributed by atoms with E-state index < -0.39 is 35.4 Å². The fourth-order valence-electron chi connectivity index (χ4n) is 2.69. The number of rotatable bonds is 4. The summed E-state index contributed by atoms with van der Waals surface area (Å²) in [7, 11) is 0. The topological polar surface area (TPSA) is 89.8 Å². The van der Waals surface area contributed by atoms with Crippen molar-refractivity contribution in [1.82, 2.24) is 19.7 Å². The average Bonchev–Trinajstić information content (AvgIpc) is 2.62. The van der Waals surface area contributed by atoms with Gasteiger partial charge in [-0.1, -0.05) is 0 Å². The van der Waals surface area contributed by atoms with E-state index in [4.69, 9.17) is 0 Å². The minimum Gasteiger partial charge on any atom is -0.309 e. The molecule has 1 aromatic carbocycles. The summed E-state index contributed by atoms with van der Waals surface area (Å²) in [6.07, 6.45) is -2.07. The molecule has 1 N–H and O–H groups in total. The molecule has 0 radical (unpaired) electrons. The van der Waals surface area contributed by atoms with Gasteiger partial charge < -0.3 is 5.32 Å². The summed E-state index contributed by atoms with van der Waals surface area (Å²) < 4.78 is 54.5. The highest BCUT2D eigenvalue weighted by Gasteiger charge is 2.33. The fourth-order valence-corrected chi connectivity index (χ4v) is 2.69. The zero-order valence-corrected chi connectivity index (χ0v) is 15.3. The largest absolute Gasteiger partial charge is 0.416 e. The summed E-state index contributed by atoms with van der Waals surface area (Å²) in [4.78, 5) is 32.4. The lowest BCUT2D eigenvalue weighted by Crippen LogP contribution is -2.32. The molecule has 0 unspecified atom stereocenters. The Bertz CT molecular complexity index is 1120. The van der Waals surface area contributed by atoms with Crippen molar-refractivity contribution in [3.8, 4) is 0 Å². The first kappa shape index (κ1) is 20.4. The summed E-state index contributed by atoms with van der Waals surface area (Å²) in [6.45, 7) is 1.62. The molecule has 0 fully saturated rings. The van der Waals surface area contributed by atoms with Crippen LogP contribution in [0.3, 0.4) is 0 Å². The molecule has 0 saturated carbocycles. The van der Waals surface area contributed by atoms with Crippen LogP contribution in [0.4, 0.5) is 23.4 Å². The first-order chi connectivity index (χ1) is 13.5. The SMILES string of the molecule is CC(C)(F)c1nn(CC(=O)Nc2ccncn2)c(=O)c2ccc(C(F)(F)F)cc12. The maximum atomic E-state index is 14.7. The molecule has 3 aromatic rings. The fraction of sp³-hybridized carbons (Fsp3) is 0.278. The summed E-state index contributed by atoms with van der Waals surface area (Å²) in [5.74, 6) is -0.494. The van der Waals surface area contributed by atoms with Crippen LogP contribution >= 0.6 is 0 Å². The Labute approximate surface area is 161 Å². The third-order valence-electron chi connectivity index (χ3n) is 3.99. The normalized spacial score (nSPS) is 12.2. The van der Waals surface area contributed by atoms with Crippen LogP contribution in [-0.2, 0) is 23.2 Å². The van der Waals surface area contributed by atoms with Gasteiger partial charge in [-0.2, -0.15) is 18.3 Å². The smallest absolute Gasteiger partial charge is 0.309 e. The Kier molecular flexibility index (Phi) is 5.07. The first-order valence-electron chi connectivity index (χ1n) is 8.34. The van der Waals surface area contributed by atoms with Crippen molar-refractivity contribution < 1.29 is 22.4 Å². The molecular formula is C18H15F4N5O2. The second kappa shape index (κ2) is 7.22. The summed E-state index contributed by atoms with van der Waals surface area (Å²) in [6, 6.07) is 3.79. The number of carbonyl (C=O) groups excluding carboxylic acids is 1. The van der Waals surface area contributed by atoms with Gasteiger partial charge in [-0.15, -0.1) is 0 Å². The van der Waals surface area contributed by atoms with Gasteiger partial charge in [0.15, 0.2) is 0 Å². The third-order valence-corrected chi connectivity index (χ3v) is 3.99. The summed E-state index contributed by atoms with van der Waals surface area (Å²) >= 11 is 0. The van der Waals surface area contributed by atoms with Crippen molar-refractivity contribution in [1.29, 1.82) is 0 Å². The van der Waals surface area contributed by atoms with E-state index in [1.165, 1.54) is 18.6 Å². The number of benzene rings is 1. The number of nitrogens with one attached hydrogen (secondary N) is 1. The molecule has 11 heteroatoms. The minimum absolute atomic E-state index is 0.177. The van der Waals surface area contributed by atoms with E-state index in [2.05, 4.69) is 20.4 Å². The van der Waals surface area contributed by atoms with E-state index in [0.29, 0.717) is 10.7 Å². The summed E-state index contributed by atoms with van der Waals surface area (Å²) in [5, 5.41) is 5.83. The molecule has 0 bridgehead atoms. The van der Waals surface area contributed by atoms with Gasteiger partial charge in [-0.05, 0) is 38.1 Å². The zero-order valence-electron chi connectivity index (χ0n) is 15.3. The molecule has 0 spiro atoms. The van der Waals surface area contributed by atoms with Crippen LogP contribution in [0.15, 0.2) is 41.6 Å². The highest BCUT2D eigenvalue weighted by molar-refractivity contribution is 5.90. The van der Waals surface area contributed by atoms with E-state index in [9.17, 15) is 27.2 Å². The van der Waals surface area contributed by atoms with Crippen LogP contribution < -0.4 is 10.9 Å². The van der Waals surface area contributed by atoms with Crippen LogP contribution in [-0.4, -0.2) is 25.7 Å². The van der Waals surface area contributed by atoms with Crippen molar-refractivity contribution in [2.45, 2.75) is 32.2 Å². The number of aromatic nitrogens is 4. The minimum atomic E-state index is -4.67. The second-order valence-corrected chi connectivity index (χ2v) is 6.68. The van der Waals surface area contributed by atoms with Crippen molar-refractivity contribution in [2.24, 2.45) is 0 Å². The van der Waals surface area contributed by atoms with E-state index >= 15 is 0 Å². The molecule has 1 amide bonds. The predicted molar refractivity (Wildman–Crippen MR) is 95.8 cm³/mol. The molecule has 2 aromatic heterocycles. The number of hydrogen-bond acceptors (Lipinski definition) is 5. The molecule has 0 aliphatic carbocycles. The van der Waals surface area contributed by atoms with Crippen LogP contribution in [0, 0.1) is 0 Å². The second-order valence-electron chi connectivity index (χ2n) is 6.68. The molecule has 152 valence electrons. The number of alkyl halides is 4. The standard InChI is InChI=1S/C18H15F4N5O2/c1-17(2,19)15-12-7-10(18(20,21)22)3-4-11(12)16(29)27(26-15)8-14(28)25-13-5-6-23-9-24-13/h3-7,9H,8H2,1-2H3,(H,23,24,25,28). The Morgan fingerprint density at radius 3 is 2.45 bits per heavy atom. The van der Waals surface area contributed by atoms with Gasteiger partial charge in [0.05, 0.1) is 10.9 Å². The highest BCUT2D eigenvalue weighted by Crippen LogP contribution is 2.34. The van der Waals surface area contributed by atoms with Crippen molar-refractivity contribution >= 4 is 22.5 Å². The van der Waals surface area contributed by atoms with Crippen molar-refractivity contribution in [2.75, 3.05) is 5.32 Å². The summed E-state index contributed by atoms with van der Waals surface area (Å²) in [5.41, 5.74) is -4.40. The molecular weight excluding hydrogens is 394 g/mol. The van der Waals surface area contributed by atoms with Gasteiger partial charge in [0.25, 0.3) is 5.56 Å². The van der Waals surface area contributed by atoms with E-state index in [0.717, 1.165) is 26.0 Å². The lowest BCUT2D eigenvalue weighted by molar-refractivity contribution is -0.137. The van der Waals surface area contributed by atoms with E-state index in [1.54, 1.807) is 0 Å². The van der Waals surface area contributed by atoms with Gasteiger partial charge in [0.2, 0.25) is 5.91 Å². The lowest BCUT2D eigenvalue weighted by Gasteiger charge is -2.19. The van der Waals surface area contributed by atoms with Gasteiger partial charge in [0, 0.05) is 11.6 Å². The maximum absolute atomic E-state index is 14.7. The molecule has 0 aliphatic heterocycles. The third kappa shape index (κ3) is 4.39. The number of nitrogens with zero attached hydrogens (tertiary/aromatic N) is 4. The van der Waals surface area contributed by atoms with Crippen molar-refractivity contribution in [3.05, 3.63) is 58.4 Å². The van der Waals surface area contributed by atoms with E-state index in [-0.39, 0.29) is 22.3 Å². The number of anilines is 1. The highest BCUT2D eigenvalue weighted by atomic mass is 19.4. The number of halogens is 4. The Morgan fingerprint density at radius 1 is 1.14 bits per heavy atom. The number of hydrogen-bond donors (Lipinski definition) is 1. The van der Waals surface area contributed by atoms with Crippen molar-refractivity contribution in [3.63, 3.8) is 0 Å². The molecule has 3 rings (SSSR count). The number of fused-ring (bicyclic) bond motifs is 1. The quantitative estimate of drug-likeness (QED) is 0.669. The van der Waals surface area contributed by atoms with Crippen LogP contribution in [0.2, 0.25) is 0 Å². The predicted octanol–water partition coefficient (Wildman–Crippen LogP) is 3.05. The Balaban J connectivity index is 2.08. The van der Waals surface area contributed by atoms with E-state index in [1.807, 2.05) is 0 Å². The first-order valence-corrected chi connectivity index (χ1v) is 8.34. The molecule has 0 atom stereocenters. The van der Waals surface area contributed by atoms with Gasteiger partial charge in [-0.3, -0.25) is 9.59 Å². The number of carbonyl (C=O) groups is 1. The molecule has 2 heterocycles. The molecule has 29 heavy (non-hydrogen) atoms. The zero-order chi connectivity index (χ0) is 21.4. The van der Waals surface area contributed by atoms with Crippen LogP contribution in [0.25, 0.3) is 10.8 Å². The monoisotopic (exact) mass is 409 g/mol.